The Labute approximate surface area is 175 Å². The molecule has 8 heteroatoms. The molecule has 1 aliphatic heterocycles. The quantitative estimate of drug-likeness (QED) is 0.484. The minimum atomic E-state index is -1.49. The van der Waals surface area contributed by atoms with Gasteiger partial charge in [0.25, 0.3) is 11.8 Å². The largest absolute Gasteiger partial charge is 0.478 e. The lowest BCUT2D eigenvalue weighted by Gasteiger charge is -2.13. The van der Waals surface area contributed by atoms with E-state index in [9.17, 15) is 29.1 Å². The van der Waals surface area contributed by atoms with E-state index in [4.69, 9.17) is 5.11 Å². The van der Waals surface area contributed by atoms with Gasteiger partial charge in [0.2, 0.25) is 0 Å². The number of carboxylic acid groups (broad SMARTS) is 2. The molecule has 4 rings (SSSR count). The molecule has 8 nitrogen and oxygen atoms in total. The Morgan fingerprint density at radius 1 is 0.645 bits per heavy atom. The monoisotopic (exact) mass is 415 g/mol. The molecule has 0 aliphatic carbocycles. The normalized spacial score (nSPS) is 12.6. The van der Waals surface area contributed by atoms with E-state index in [1.807, 2.05) is 0 Å². The van der Waals surface area contributed by atoms with E-state index in [-0.39, 0.29) is 22.3 Å². The summed E-state index contributed by atoms with van der Waals surface area (Å²) in [6.07, 6.45) is 0. The van der Waals surface area contributed by atoms with Crippen molar-refractivity contribution < 1.29 is 34.2 Å². The van der Waals surface area contributed by atoms with Crippen LogP contribution in [0.4, 0.5) is 5.69 Å². The van der Waals surface area contributed by atoms with Crippen LogP contribution in [0.3, 0.4) is 0 Å². The summed E-state index contributed by atoms with van der Waals surface area (Å²) in [5, 5.41) is 18.4. The van der Waals surface area contributed by atoms with Crippen molar-refractivity contribution in [3.63, 3.8) is 0 Å². The number of ketones is 1. The van der Waals surface area contributed by atoms with Crippen molar-refractivity contribution in [2.24, 2.45) is 0 Å². The molecule has 152 valence electrons. The van der Waals surface area contributed by atoms with Crippen LogP contribution in [0.15, 0.2) is 66.7 Å². The third-order valence-corrected chi connectivity index (χ3v) is 4.91. The van der Waals surface area contributed by atoms with Crippen LogP contribution < -0.4 is 4.90 Å². The fourth-order valence-electron chi connectivity index (χ4n) is 3.41. The maximum absolute atomic E-state index is 12.9. The van der Waals surface area contributed by atoms with Crippen LogP contribution in [0.2, 0.25) is 0 Å². The van der Waals surface area contributed by atoms with Gasteiger partial charge in [-0.25, -0.2) is 14.5 Å². The van der Waals surface area contributed by atoms with Crippen molar-refractivity contribution >= 4 is 35.2 Å². The van der Waals surface area contributed by atoms with E-state index in [0.717, 1.165) is 17.0 Å². The molecule has 2 N–H and O–H groups in total. The smallest absolute Gasteiger partial charge is 0.336 e. The minimum absolute atomic E-state index is 0.0558. The fraction of sp³-hybridized carbons (Fsp3) is 0. The highest BCUT2D eigenvalue weighted by molar-refractivity contribution is 6.35. The molecule has 1 aliphatic rings. The van der Waals surface area contributed by atoms with Gasteiger partial charge in [-0.15, -0.1) is 0 Å². The number of hydrogen-bond donors (Lipinski definition) is 2. The number of amides is 2. The maximum Gasteiger partial charge on any atom is 0.336 e. The predicted molar refractivity (Wildman–Crippen MR) is 108 cm³/mol. The molecule has 0 fully saturated rings. The molecule has 0 atom stereocenters. The van der Waals surface area contributed by atoms with Gasteiger partial charge < -0.3 is 10.2 Å². The van der Waals surface area contributed by atoms with E-state index < -0.39 is 40.7 Å². The second-order valence-electron chi connectivity index (χ2n) is 6.74. The Morgan fingerprint density at radius 3 is 1.87 bits per heavy atom. The number of benzene rings is 3. The third-order valence-electron chi connectivity index (χ3n) is 4.91. The number of hydrogen-bond acceptors (Lipinski definition) is 5. The summed E-state index contributed by atoms with van der Waals surface area (Å²) in [5.41, 5.74) is -0.360. The Hall–Kier alpha value is -4.59. The summed E-state index contributed by atoms with van der Waals surface area (Å²) >= 11 is 0. The minimum Gasteiger partial charge on any atom is -0.478 e. The number of aromatic carboxylic acids is 2. The molecular weight excluding hydrogens is 402 g/mol. The van der Waals surface area contributed by atoms with Crippen molar-refractivity contribution in [3.8, 4) is 0 Å². The van der Waals surface area contributed by atoms with Gasteiger partial charge in [-0.1, -0.05) is 30.3 Å². The number of carbonyl (C=O) groups is 5. The van der Waals surface area contributed by atoms with E-state index in [1.54, 1.807) is 30.3 Å². The van der Waals surface area contributed by atoms with Crippen LogP contribution in [-0.2, 0) is 0 Å². The van der Waals surface area contributed by atoms with Crippen LogP contribution in [0.1, 0.15) is 57.4 Å². The zero-order chi connectivity index (χ0) is 22.3. The zero-order valence-electron chi connectivity index (χ0n) is 15.7. The molecule has 3 aromatic carbocycles. The molecular formula is C23H13NO7. The topological polar surface area (TPSA) is 129 Å². The van der Waals surface area contributed by atoms with Crippen molar-refractivity contribution in [2.75, 3.05) is 4.90 Å². The fourth-order valence-corrected chi connectivity index (χ4v) is 3.41. The number of imide groups is 1. The summed E-state index contributed by atoms with van der Waals surface area (Å²) in [7, 11) is 0. The van der Waals surface area contributed by atoms with Gasteiger partial charge in [-0.2, -0.15) is 0 Å². The van der Waals surface area contributed by atoms with Crippen LogP contribution in [0.5, 0.6) is 0 Å². The first kappa shape index (κ1) is 19.7. The first-order valence-corrected chi connectivity index (χ1v) is 9.03. The van der Waals surface area contributed by atoms with Gasteiger partial charge in [-0.05, 0) is 36.4 Å². The van der Waals surface area contributed by atoms with E-state index in [2.05, 4.69) is 0 Å². The number of carbonyl (C=O) groups excluding carboxylic acids is 3. The van der Waals surface area contributed by atoms with E-state index in [0.29, 0.717) is 5.69 Å². The second-order valence-corrected chi connectivity index (χ2v) is 6.74. The van der Waals surface area contributed by atoms with Crippen molar-refractivity contribution in [2.45, 2.75) is 0 Å². The molecule has 0 unspecified atom stereocenters. The van der Waals surface area contributed by atoms with Crippen LogP contribution in [0, 0.1) is 0 Å². The molecule has 0 aromatic heterocycles. The van der Waals surface area contributed by atoms with Crippen LogP contribution in [0.25, 0.3) is 0 Å². The van der Waals surface area contributed by atoms with Gasteiger partial charge in [0.05, 0.1) is 27.9 Å². The van der Waals surface area contributed by atoms with E-state index in [1.165, 1.54) is 24.3 Å². The zero-order valence-corrected chi connectivity index (χ0v) is 15.7. The molecule has 0 bridgehead atoms. The molecule has 31 heavy (non-hydrogen) atoms. The average molecular weight is 415 g/mol. The summed E-state index contributed by atoms with van der Waals surface area (Å²) in [6.45, 7) is 0. The van der Waals surface area contributed by atoms with Gasteiger partial charge in [-0.3, -0.25) is 14.4 Å². The number of carboxylic acids is 2. The lowest BCUT2D eigenvalue weighted by molar-refractivity contribution is 0.0651. The summed E-state index contributed by atoms with van der Waals surface area (Å²) in [4.78, 5) is 62.0. The first-order chi connectivity index (χ1) is 14.8. The average Bonchev–Trinajstić information content (AvgIpc) is 3.02. The van der Waals surface area contributed by atoms with Crippen molar-refractivity contribution in [1.29, 1.82) is 0 Å². The molecule has 0 saturated heterocycles. The third kappa shape index (κ3) is 3.25. The highest BCUT2D eigenvalue weighted by atomic mass is 16.4. The van der Waals surface area contributed by atoms with Gasteiger partial charge in [0.1, 0.15) is 0 Å². The van der Waals surface area contributed by atoms with E-state index >= 15 is 0 Å². The summed E-state index contributed by atoms with van der Waals surface area (Å²) < 4.78 is 0. The van der Waals surface area contributed by atoms with Gasteiger partial charge in [0.15, 0.2) is 5.78 Å². The highest BCUT2D eigenvalue weighted by Crippen LogP contribution is 2.29. The number of rotatable bonds is 5. The molecule has 0 radical (unpaired) electrons. The Bertz CT molecular complexity index is 1290. The van der Waals surface area contributed by atoms with Crippen molar-refractivity contribution in [3.05, 3.63) is 100 Å². The molecule has 0 spiro atoms. The lowest BCUT2D eigenvalue weighted by Crippen LogP contribution is -2.29. The summed E-state index contributed by atoms with van der Waals surface area (Å²) in [6, 6.07) is 15.6. The van der Waals surface area contributed by atoms with Crippen molar-refractivity contribution in [1.82, 2.24) is 0 Å². The number of anilines is 1. The Kier molecular flexibility index (Phi) is 4.67. The summed E-state index contributed by atoms with van der Waals surface area (Å²) in [5.74, 6) is -4.61. The second kappa shape index (κ2) is 7.34. The predicted octanol–water partition coefficient (Wildman–Crippen LogP) is 3.11. The van der Waals surface area contributed by atoms with Gasteiger partial charge >= 0.3 is 11.9 Å². The van der Waals surface area contributed by atoms with Crippen LogP contribution in [-0.4, -0.2) is 39.7 Å². The molecule has 0 saturated carbocycles. The number of para-hydroxylation sites is 1. The SMILES string of the molecule is O=C(c1ccc(C(=O)O)c(C(=O)O)c1)c1ccc2c(c1)C(=O)N(c1ccccc1)C2=O. The Balaban J connectivity index is 1.72. The van der Waals surface area contributed by atoms with Crippen LogP contribution >= 0.6 is 0 Å². The van der Waals surface area contributed by atoms with Gasteiger partial charge in [0, 0.05) is 11.1 Å². The molecule has 2 amide bonds. The molecule has 1 heterocycles. The highest BCUT2D eigenvalue weighted by Gasteiger charge is 2.37. The Morgan fingerprint density at radius 2 is 1.23 bits per heavy atom. The molecule has 3 aromatic rings. The maximum atomic E-state index is 12.9. The lowest BCUT2D eigenvalue weighted by atomic mass is 9.96. The number of fused-ring (bicyclic) bond motifs is 1. The standard InChI is InChI=1S/C23H13NO7/c25-19(13-7-9-16(22(28)29)18(11-13)23(30)31)12-6-8-15-17(10-12)21(27)24(20(15)26)14-4-2-1-3-5-14/h1-11H,(H,28,29)(H,30,31). The first-order valence-electron chi connectivity index (χ1n) is 9.03. The number of nitrogens with zero attached hydrogens (tertiary/aromatic N) is 1.